The highest BCUT2D eigenvalue weighted by Gasteiger charge is 2.21. The van der Waals surface area contributed by atoms with Crippen LogP contribution in [0.1, 0.15) is 43.0 Å². The molecular formula is C14H18O3. The second kappa shape index (κ2) is 5.82. The van der Waals surface area contributed by atoms with Gasteiger partial charge in [-0.2, -0.15) is 4.89 Å². The molecule has 0 heterocycles. The molecule has 1 saturated carbocycles. The summed E-state index contributed by atoms with van der Waals surface area (Å²) in [6.45, 7) is 2.24. The Labute approximate surface area is 102 Å². The fraction of sp³-hybridized carbons (Fsp3) is 0.500. The van der Waals surface area contributed by atoms with Gasteiger partial charge in [0.2, 0.25) is 0 Å². The van der Waals surface area contributed by atoms with Crippen LogP contribution in [-0.2, 0) is 9.78 Å². The molecule has 1 fully saturated rings. The topological polar surface area (TPSA) is 35.5 Å². The zero-order valence-corrected chi connectivity index (χ0v) is 10.1. The lowest BCUT2D eigenvalue weighted by atomic mass is 9.89. The molecule has 0 saturated heterocycles. The van der Waals surface area contributed by atoms with Gasteiger partial charge in [0.15, 0.2) is 0 Å². The standard InChI is InChI=1S/C14H18O3/c1-11-7-9-13(10-8-11)16-17-14(15)12-5-3-2-4-6-12/h2-6,11,13H,7-10H2,1H3. The summed E-state index contributed by atoms with van der Waals surface area (Å²) in [6, 6.07) is 8.90. The van der Waals surface area contributed by atoms with Gasteiger partial charge in [-0.15, -0.1) is 0 Å². The van der Waals surface area contributed by atoms with E-state index in [0.717, 1.165) is 31.6 Å². The summed E-state index contributed by atoms with van der Waals surface area (Å²) in [4.78, 5) is 21.7. The Balaban J connectivity index is 1.77. The van der Waals surface area contributed by atoms with E-state index in [-0.39, 0.29) is 6.10 Å². The first-order valence-corrected chi connectivity index (χ1v) is 6.18. The molecule has 1 aliphatic rings. The van der Waals surface area contributed by atoms with Crippen molar-refractivity contribution in [2.24, 2.45) is 5.92 Å². The minimum Gasteiger partial charge on any atom is -0.293 e. The van der Waals surface area contributed by atoms with Gasteiger partial charge < -0.3 is 0 Å². The molecule has 92 valence electrons. The first-order valence-electron chi connectivity index (χ1n) is 6.18. The van der Waals surface area contributed by atoms with Crippen molar-refractivity contribution in [1.29, 1.82) is 0 Å². The Hall–Kier alpha value is -1.35. The molecule has 3 heteroatoms. The molecule has 0 unspecified atom stereocenters. The van der Waals surface area contributed by atoms with Crippen molar-refractivity contribution >= 4 is 5.97 Å². The first kappa shape index (κ1) is 12.1. The van der Waals surface area contributed by atoms with Crippen LogP contribution in [0.25, 0.3) is 0 Å². The van der Waals surface area contributed by atoms with E-state index in [0.29, 0.717) is 5.56 Å². The molecule has 0 bridgehead atoms. The fourth-order valence-electron chi connectivity index (χ4n) is 2.06. The van der Waals surface area contributed by atoms with E-state index in [1.54, 1.807) is 24.3 Å². The van der Waals surface area contributed by atoms with Crippen LogP contribution in [0.4, 0.5) is 0 Å². The average Bonchev–Trinajstić information content (AvgIpc) is 2.39. The summed E-state index contributed by atoms with van der Waals surface area (Å²) in [6.07, 6.45) is 4.31. The average molecular weight is 234 g/mol. The molecule has 1 aromatic carbocycles. The minimum absolute atomic E-state index is 0.0684. The van der Waals surface area contributed by atoms with Gasteiger partial charge in [-0.25, -0.2) is 4.79 Å². The monoisotopic (exact) mass is 234 g/mol. The second-order valence-electron chi connectivity index (χ2n) is 4.71. The van der Waals surface area contributed by atoms with Crippen LogP contribution >= 0.6 is 0 Å². The first-order chi connectivity index (χ1) is 8.25. The molecule has 17 heavy (non-hydrogen) atoms. The molecule has 0 amide bonds. The highest BCUT2D eigenvalue weighted by atomic mass is 17.2. The summed E-state index contributed by atoms with van der Waals surface area (Å²) in [7, 11) is 0. The van der Waals surface area contributed by atoms with E-state index in [1.165, 1.54) is 0 Å². The Kier molecular flexibility index (Phi) is 4.15. The van der Waals surface area contributed by atoms with Crippen LogP contribution in [-0.4, -0.2) is 12.1 Å². The van der Waals surface area contributed by atoms with Crippen molar-refractivity contribution in [3.63, 3.8) is 0 Å². The van der Waals surface area contributed by atoms with Gasteiger partial charge in [0.05, 0.1) is 5.56 Å². The van der Waals surface area contributed by atoms with E-state index >= 15 is 0 Å². The van der Waals surface area contributed by atoms with Crippen LogP contribution < -0.4 is 0 Å². The lowest BCUT2D eigenvalue weighted by molar-refractivity contribution is -0.280. The Bertz CT molecular complexity index is 353. The molecule has 0 aliphatic heterocycles. The third-order valence-electron chi connectivity index (χ3n) is 3.23. The molecule has 3 nitrogen and oxygen atoms in total. The highest BCUT2D eigenvalue weighted by Crippen LogP contribution is 2.25. The number of rotatable bonds is 3. The quantitative estimate of drug-likeness (QED) is 0.594. The number of benzene rings is 1. The Morgan fingerprint density at radius 2 is 1.76 bits per heavy atom. The summed E-state index contributed by atoms with van der Waals surface area (Å²) >= 11 is 0. The predicted octanol–water partition coefficient (Wildman–Crippen LogP) is 3.35. The molecule has 0 spiro atoms. The Morgan fingerprint density at radius 1 is 1.12 bits per heavy atom. The van der Waals surface area contributed by atoms with E-state index in [4.69, 9.17) is 9.78 Å². The van der Waals surface area contributed by atoms with E-state index in [1.807, 2.05) is 6.07 Å². The fourth-order valence-corrected chi connectivity index (χ4v) is 2.06. The van der Waals surface area contributed by atoms with E-state index in [2.05, 4.69) is 6.92 Å². The van der Waals surface area contributed by atoms with Crippen LogP contribution in [0, 0.1) is 5.92 Å². The summed E-state index contributed by atoms with van der Waals surface area (Å²) in [5.41, 5.74) is 0.525. The predicted molar refractivity (Wildman–Crippen MR) is 64.4 cm³/mol. The van der Waals surface area contributed by atoms with Crippen LogP contribution in [0.3, 0.4) is 0 Å². The molecule has 0 N–H and O–H groups in total. The lowest BCUT2D eigenvalue weighted by Gasteiger charge is -2.24. The van der Waals surface area contributed by atoms with E-state index < -0.39 is 5.97 Å². The largest absolute Gasteiger partial charge is 0.373 e. The zero-order chi connectivity index (χ0) is 12.1. The van der Waals surface area contributed by atoms with Crippen LogP contribution in [0.2, 0.25) is 0 Å². The summed E-state index contributed by atoms with van der Waals surface area (Å²) in [5, 5.41) is 0. The molecule has 0 aromatic heterocycles. The van der Waals surface area contributed by atoms with Crippen molar-refractivity contribution in [3.05, 3.63) is 35.9 Å². The maximum Gasteiger partial charge on any atom is 0.373 e. The summed E-state index contributed by atoms with van der Waals surface area (Å²) in [5.74, 6) is 0.351. The van der Waals surface area contributed by atoms with Gasteiger partial charge >= 0.3 is 5.97 Å². The van der Waals surface area contributed by atoms with Crippen molar-refractivity contribution < 1.29 is 14.6 Å². The normalized spacial score (nSPS) is 24.3. The number of hydrogen-bond donors (Lipinski definition) is 0. The van der Waals surface area contributed by atoms with Crippen molar-refractivity contribution in [3.8, 4) is 0 Å². The number of carbonyl (C=O) groups excluding carboxylic acids is 1. The highest BCUT2D eigenvalue weighted by molar-refractivity contribution is 5.88. The molecule has 1 aromatic rings. The summed E-state index contributed by atoms with van der Waals surface area (Å²) < 4.78 is 0. The lowest BCUT2D eigenvalue weighted by Crippen LogP contribution is -2.22. The number of hydrogen-bond acceptors (Lipinski definition) is 3. The van der Waals surface area contributed by atoms with Crippen molar-refractivity contribution in [1.82, 2.24) is 0 Å². The van der Waals surface area contributed by atoms with Gasteiger partial charge in [-0.05, 0) is 43.7 Å². The smallest absolute Gasteiger partial charge is 0.293 e. The SMILES string of the molecule is CC1CCC(OOC(=O)c2ccccc2)CC1. The Morgan fingerprint density at radius 3 is 2.41 bits per heavy atom. The van der Waals surface area contributed by atoms with Crippen LogP contribution in [0.5, 0.6) is 0 Å². The van der Waals surface area contributed by atoms with Gasteiger partial charge in [0.25, 0.3) is 0 Å². The van der Waals surface area contributed by atoms with E-state index in [9.17, 15) is 4.79 Å². The van der Waals surface area contributed by atoms with Gasteiger partial charge in [0.1, 0.15) is 6.10 Å². The zero-order valence-electron chi connectivity index (χ0n) is 10.1. The van der Waals surface area contributed by atoms with Gasteiger partial charge in [-0.1, -0.05) is 25.1 Å². The maximum absolute atomic E-state index is 11.6. The molecule has 2 rings (SSSR count). The molecule has 0 atom stereocenters. The third-order valence-corrected chi connectivity index (χ3v) is 3.23. The molecule has 1 aliphatic carbocycles. The molecule has 0 radical (unpaired) electrons. The third kappa shape index (κ3) is 3.56. The van der Waals surface area contributed by atoms with Crippen LogP contribution in [0.15, 0.2) is 30.3 Å². The van der Waals surface area contributed by atoms with Crippen molar-refractivity contribution in [2.45, 2.75) is 38.7 Å². The maximum atomic E-state index is 11.6. The van der Waals surface area contributed by atoms with Gasteiger partial charge in [-0.3, -0.25) is 4.89 Å². The van der Waals surface area contributed by atoms with Crippen molar-refractivity contribution in [2.75, 3.05) is 0 Å². The second-order valence-corrected chi connectivity index (χ2v) is 4.71. The molecular weight excluding hydrogens is 216 g/mol. The number of carbonyl (C=O) groups is 1. The minimum atomic E-state index is -0.413. The van der Waals surface area contributed by atoms with Gasteiger partial charge in [0, 0.05) is 0 Å².